The number of rotatable bonds is 5. The molecular weight excluding hydrogens is 258 g/mol. The third-order valence-electron chi connectivity index (χ3n) is 2.91. The monoisotopic (exact) mass is 275 g/mol. The first-order valence-corrected chi connectivity index (χ1v) is 6.62. The lowest BCUT2D eigenvalue weighted by molar-refractivity contribution is 0.795. The molecule has 0 aliphatic heterocycles. The highest BCUT2D eigenvalue weighted by Crippen LogP contribution is 2.19. The van der Waals surface area contributed by atoms with Gasteiger partial charge in [0.25, 0.3) is 0 Å². The summed E-state index contributed by atoms with van der Waals surface area (Å²) in [6.45, 7) is 1.59. The highest BCUT2D eigenvalue weighted by Gasteiger charge is 2.08. The molecule has 0 amide bonds. The van der Waals surface area contributed by atoms with Crippen molar-refractivity contribution in [2.75, 3.05) is 19.0 Å². The standard InChI is InChI=1S/C15H18ClN3/c1-17-10-13-6-4-8-18-15(13)19(2)11-12-5-3-7-14(16)9-12/h3-9,17H,10-11H2,1-2H3. The number of benzene rings is 1. The Morgan fingerprint density at radius 1 is 1.26 bits per heavy atom. The number of pyridine rings is 1. The van der Waals surface area contributed by atoms with Crippen LogP contribution in [0.3, 0.4) is 0 Å². The number of nitrogens with one attached hydrogen (secondary N) is 1. The van der Waals surface area contributed by atoms with Crippen molar-refractivity contribution in [3.63, 3.8) is 0 Å². The van der Waals surface area contributed by atoms with Gasteiger partial charge in [-0.05, 0) is 30.8 Å². The van der Waals surface area contributed by atoms with Gasteiger partial charge in [-0.1, -0.05) is 29.8 Å². The molecule has 1 aromatic heterocycles. The van der Waals surface area contributed by atoms with Crippen LogP contribution in [0.15, 0.2) is 42.6 Å². The molecule has 100 valence electrons. The second kappa shape index (κ2) is 6.55. The van der Waals surface area contributed by atoms with E-state index in [1.165, 1.54) is 11.1 Å². The first kappa shape index (κ1) is 13.8. The van der Waals surface area contributed by atoms with Crippen LogP contribution in [0.4, 0.5) is 5.82 Å². The number of aromatic nitrogens is 1. The molecule has 0 bridgehead atoms. The summed E-state index contributed by atoms with van der Waals surface area (Å²) >= 11 is 6.01. The van der Waals surface area contributed by atoms with Crippen molar-refractivity contribution in [1.82, 2.24) is 10.3 Å². The maximum atomic E-state index is 6.01. The van der Waals surface area contributed by atoms with Crippen LogP contribution in [0.5, 0.6) is 0 Å². The van der Waals surface area contributed by atoms with Gasteiger partial charge >= 0.3 is 0 Å². The van der Waals surface area contributed by atoms with Crippen LogP contribution in [-0.4, -0.2) is 19.1 Å². The molecule has 0 unspecified atom stereocenters. The number of hydrogen-bond donors (Lipinski definition) is 1. The summed E-state index contributed by atoms with van der Waals surface area (Å²) in [6.07, 6.45) is 1.82. The number of nitrogens with zero attached hydrogens (tertiary/aromatic N) is 2. The quantitative estimate of drug-likeness (QED) is 0.909. The fourth-order valence-electron chi connectivity index (χ4n) is 2.09. The van der Waals surface area contributed by atoms with E-state index in [2.05, 4.69) is 27.3 Å². The first-order chi connectivity index (χ1) is 9.20. The topological polar surface area (TPSA) is 28.2 Å². The molecular formula is C15H18ClN3. The summed E-state index contributed by atoms with van der Waals surface area (Å²) in [5, 5.41) is 3.93. The number of halogens is 1. The van der Waals surface area contributed by atoms with Gasteiger partial charge in [0.15, 0.2) is 0 Å². The molecule has 1 N–H and O–H groups in total. The summed E-state index contributed by atoms with van der Waals surface area (Å²) in [4.78, 5) is 6.61. The lowest BCUT2D eigenvalue weighted by atomic mass is 10.2. The van der Waals surface area contributed by atoms with Crippen molar-refractivity contribution in [3.8, 4) is 0 Å². The van der Waals surface area contributed by atoms with E-state index < -0.39 is 0 Å². The molecule has 0 aliphatic carbocycles. The second-order valence-corrected chi connectivity index (χ2v) is 4.94. The Morgan fingerprint density at radius 3 is 2.84 bits per heavy atom. The Labute approximate surface area is 119 Å². The van der Waals surface area contributed by atoms with Crippen molar-refractivity contribution < 1.29 is 0 Å². The molecule has 0 fully saturated rings. The SMILES string of the molecule is CNCc1cccnc1N(C)Cc1cccc(Cl)c1. The van der Waals surface area contributed by atoms with E-state index in [9.17, 15) is 0 Å². The largest absolute Gasteiger partial charge is 0.355 e. The molecule has 0 aliphatic rings. The summed E-state index contributed by atoms with van der Waals surface area (Å²) in [5.74, 6) is 0.997. The summed E-state index contributed by atoms with van der Waals surface area (Å²) in [6, 6.07) is 12.0. The fourth-order valence-corrected chi connectivity index (χ4v) is 2.30. The van der Waals surface area contributed by atoms with E-state index in [1.807, 2.05) is 44.6 Å². The number of hydrogen-bond acceptors (Lipinski definition) is 3. The molecule has 0 spiro atoms. The highest BCUT2D eigenvalue weighted by atomic mass is 35.5. The molecule has 0 saturated heterocycles. The third kappa shape index (κ3) is 3.69. The van der Waals surface area contributed by atoms with Crippen LogP contribution < -0.4 is 10.2 Å². The molecule has 0 atom stereocenters. The zero-order valence-electron chi connectivity index (χ0n) is 11.2. The second-order valence-electron chi connectivity index (χ2n) is 4.50. The minimum atomic E-state index is 0.766. The first-order valence-electron chi connectivity index (χ1n) is 6.25. The molecule has 3 nitrogen and oxygen atoms in total. The minimum Gasteiger partial charge on any atom is -0.355 e. The Kier molecular flexibility index (Phi) is 4.77. The van der Waals surface area contributed by atoms with Gasteiger partial charge in [-0.2, -0.15) is 0 Å². The zero-order chi connectivity index (χ0) is 13.7. The highest BCUT2D eigenvalue weighted by molar-refractivity contribution is 6.30. The lowest BCUT2D eigenvalue weighted by Crippen LogP contribution is -2.20. The van der Waals surface area contributed by atoms with Crippen LogP contribution in [0.1, 0.15) is 11.1 Å². The van der Waals surface area contributed by atoms with Gasteiger partial charge in [-0.25, -0.2) is 4.98 Å². The maximum Gasteiger partial charge on any atom is 0.133 e. The summed E-state index contributed by atoms with van der Waals surface area (Å²) in [5.41, 5.74) is 2.37. The smallest absolute Gasteiger partial charge is 0.133 e. The van der Waals surface area contributed by atoms with Gasteiger partial charge < -0.3 is 10.2 Å². The fraction of sp³-hybridized carbons (Fsp3) is 0.267. The normalized spacial score (nSPS) is 10.5. The Morgan fingerprint density at radius 2 is 2.11 bits per heavy atom. The molecule has 0 saturated carbocycles. The molecule has 2 aromatic rings. The van der Waals surface area contributed by atoms with E-state index in [0.717, 1.165) is 23.9 Å². The van der Waals surface area contributed by atoms with E-state index in [-0.39, 0.29) is 0 Å². The third-order valence-corrected chi connectivity index (χ3v) is 3.14. The molecule has 2 rings (SSSR count). The van der Waals surface area contributed by atoms with Crippen molar-refractivity contribution >= 4 is 17.4 Å². The molecule has 0 radical (unpaired) electrons. The van der Waals surface area contributed by atoms with E-state index in [4.69, 9.17) is 11.6 Å². The predicted molar refractivity (Wildman–Crippen MR) is 80.6 cm³/mol. The van der Waals surface area contributed by atoms with Crippen molar-refractivity contribution in [2.24, 2.45) is 0 Å². The zero-order valence-corrected chi connectivity index (χ0v) is 12.0. The van der Waals surface area contributed by atoms with Gasteiger partial charge in [0.1, 0.15) is 5.82 Å². The predicted octanol–water partition coefficient (Wildman–Crippen LogP) is 3.09. The van der Waals surface area contributed by atoms with Gasteiger partial charge in [0.05, 0.1) is 0 Å². The van der Waals surface area contributed by atoms with E-state index in [0.29, 0.717) is 0 Å². The molecule has 1 aromatic carbocycles. The average molecular weight is 276 g/mol. The number of anilines is 1. The van der Waals surface area contributed by atoms with Gasteiger partial charge in [-0.3, -0.25) is 0 Å². The van der Waals surface area contributed by atoms with Crippen LogP contribution in [0, 0.1) is 0 Å². The Hall–Kier alpha value is -1.58. The van der Waals surface area contributed by atoms with Gasteiger partial charge in [0.2, 0.25) is 0 Å². The van der Waals surface area contributed by atoms with Crippen LogP contribution >= 0.6 is 11.6 Å². The van der Waals surface area contributed by atoms with Crippen LogP contribution in [0.2, 0.25) is 5.02 Å². The van der Waals surface area contributed by atoms with Crippen molar-refractivity contribution in [2.45, 2.75) is 13.1 Å². The van der Waals surface area contributed by atoms with Crippen molar-refractivity contribution in [1.29, 1.82) is 0 Å². The average Bonchev–Trinajstić information content (AvgIpc) is 2.39. The van der Waals surface area contributed by atoms with Gasteiger partial charge in [-0.15, -0.1) is 0 Å². The molecule has 4 heteroatoms. The summed E-state index contributed by atoms with van der Waals surface area (Å²) < 4.78 is 0. The Bertz CT molecular complexity index is 542. The van der Waals surface area contributed by atoms with Crippen LogP contribution in [0.25, 0.3) is 0 Å². The molecule has 19 heavy (non-hydrogen) atoms. The van der Waals surface area contributed by atoms with Crippen molar-refractivity contribution in [3.05, 3.63) is 58.7 Å². The maximum absolute atomic E-state index is 6.01. The Balaban J connectivity index is 2.17. The molecule has 1 heterocycles. The van der Waals surface area contributed by atoms with Gasteiger partial charge in [0, 0.05) is 36.9 Å². The minimum absolute atomic E-state index is 0.766. The van der Waals surface area contributed by atoms with E-state index in [1.54, 1.807) is 0 Å². The summed E-state index contributed by atoms with van der Waals surface area (Å²) in [7, 11) is 3.98. The lowest BCUT2D eigenvalue weighted by Gasteiger charge is -2.21. The van der Waals surface area contributed by atoms with E-state index >= 15 is 0 Å². The van der Waals surface area contributed by atoms with Crippen LogP contribution in [-0.2, 0) is 13.1 Å².